The van der Waals surface area contributed by atoms with Crippen molar-refractivity contribution in [3.8, 4) is 5.75 Å². The molecule has 2 aromatic rings. The maximum Gasteiger partial charge on any atom is 0.271 e. The molecule has 10 heteroatoms. The first kappa shape index (κ1) is 20.6. The number of nitro groups is 1. The third-order valence-corrected chi connectivity index (χ3v) is 6.23. The van der Waals surface area contributed by atoms with Gasteiger partial charge in [0, 0.05) is 23.9 Å². The number of Topliss-reactive ketones (excluding diaryl/α,β-unsaturated/α-hetero) is 1. The van der Waals surface area contributed by atoms with Crippen LogP contribution in [-0.4, -0.2) is 52.9 Å². The second-order valence-electron chi connectivity index (χ2n) is 7.87. The molecule has 0 saturated carbocycles. The van der Waals surface area contributed by atoms with Crippen molar-refractivity contribution in [3.63, 3.8) is 0 Å². The minimum atomic E-state index is -1.00. The number of ether oxygens (including phenoxy) is 1. The molecule has 0 aliphatic carbocycles. The van der Waals surface area contributed by atoms with Crippen molar-refractivity contribution in [1.82, 2.24) is 5.01 Å². The highest BCUT2D eigenvalue weighted by atomic mass is 16.6. The van der Waals surface area contributed by atoms with Gasteiger partial charge in [-0.25, -0.2) is 4.90 Å². The van der Waals surface area contributed by atoms with Gasteiger partial charge < -0.3 is 4.74 Å². The molecule has 3 aliphatic heterocycles. The Kier molecular flexibility index (Phi) is 4.77. The fraction of sp³-hybridized carbons (Fsp3) is 0.217. The van der Waals surface area contributed by atoms with Crippen molar-refractivity contribution in [3.05, 3.63) is 76.4 Å². The van der Waals surface area contributed by atoms with Gasteiger partial charge in [-0.1, -0.05) is 36.4 Å². The number of hydrogen-bond acceptors (Lipinski definition) is 8. The first-order valence-electron chi connectivity index (χ1n) is 10.2. The van der Waals surface area contributed by atoms with E-state index in [0.717, 1.165) is 11.0 Å². The topological polar surface area (TPSA) is 122 Å². The number of non-ortho nitro benzene ring substituents is 1. The summed E-state index contributed by atoms with van der Waals surface area (Å²) in [4.78, 5) is 52.3. The maximum absolute atomic E-state index is 13.7. The molecule has 3 aliphatic rings. The summed E-state index contributed by atoms with van der Waals surface area (Å²) in [5.41, 5.74) is 0.0966. The van der Waals surface area contributed by atoms with Crippen LogP contribution in [0, 0.1) is 22.0 Å². The number of hydrogen-bond donors (Lipinski definition) is 0. The van der Waals surface area contributed by atoms with E-state index in [9.17, 15) is 24.5 Å². The normalized spacial score (nSPS) is 25.2. The predicted octanol–water partition coefficient (Wildman–Crippen LogP) is 2.20. The van der Waals surface area contributed by atoms with Gasteiger partial charge in [-0.15, -0.1) is 0 Å². The molecule has 3 heterocycles. The van der Waals surface area contributed by atoms with Gasteiger partial charge in [-0.3, -0.25) is 29.5 Å². The van der Waals surface area contributed by atoms with Gasteiger partial charge in [0.1, 0.15) is 17.5 Å². The number of carbonyl (C=O) groups is 3. The van der Waals surface area contributed by atoms with Gasteiger partial charge in [0.2, 0.25) is 11.8 Å². The van der Waals surface area contributed by atoms with E-state index in [1.807, 2.05) is 0 Å². The Morgan fingerprint density at radius 3 is 2.52 bits per heavy atom. The molecule has 10 nitrogen and oxygen atoms in total. The van der Waals surface area contributed by atoms with Crippen LogP contribution in [0.2, 0.25) is 0 Å². The summed E-state index contributed by atoms with van der Waals surface area (Å²) in [6, 6.07) is 10.6. The van der Waals surface area contributed by atoms with E-state index in [-0.39, 0.29) is 22.9 Å². The number of methoxy groups -OCH3 is 1. The number of carbonyl (C=O) groups excluding carboxylic acids is 3. The molecule has 0 radical (unpaired) electrons. The number of fused-ring (bicyclic) bond motifs is 3. The van der Waals surface area contributed by atoms with Crippen LogP contribution < -0.4 is 9.64 Å². The number of anilines is 1. The lowest BCUT2D eigenvalue weighted by Gasteiger charge is -2.30. The van der Waals surface area contributed by atoms with Crippen LogP contribution in [0.1, 0.15) is 10.4 Å². The molecule has 4 atom stereocenters. The van der Waals surface area contributed by atoms with Crippen molar-refractivity contribution in [2.75, 3.05) is 12.0 Å². The molecule has 2 aromatic carbocycles. The number of benzene rings is 2. The van der Waals surface area contributed by atoms with E-state index >= 15 is 0 Å². The number of hydrazone groups is 1. The molecule has 5 rings (SSSR count). The van der Waals surface area contributed by atoms with E-state index < -0.39 is 40.7 Å². The number of rotatable bonds is 5. The van der Waals surface area contributed by atoms with Gasteiger partial charge in [-0.2, -0.15) is 5.10 Å². The van der Waals surface area contributed by atoms with Crippen LogP contribution in [0.15, 0.2) is 65.8 Å². The predicted molar refractivity (Wildman–Crippen MR) is 117 cm³/mol. The zero-order chi connectivity index (χ0) is 23.3. The van der Waals surface area contributed by atoms with Crippen LogP contribution in [-0.2, 0) is 9.59 Å². The van der Waals surface area contributed by atoms with E-state index in [2.05, 4.69) is 5.10 Å². The van der Waals surface area contributed by atoms with E-state index in [1.165, 1.54) is 30.5 Å². The SMILES string of the molecule is COc1ccc([N+](=O)[O-])cc1N1C(=O)[C@H]2[C@@H](C1=O)C1C=CC=NN1[C@H]2C(=O)c1ccccc1. The summed E-state index contributed by atoms with van der Waals surface area (Å²) >= 11 is 0. The van der Waals surface area contributed by atoms with Crippen LogP contribution in [0.5, 0.6) is 5.75 Å². The van der Waals surface area contributed by atoms with Gasteiger partial charge in [0.25, 0.3) is 5.69 Å². The van der Waals surface area contributed by atoms with Crippen molar-refractivity contribution in [2.24, 2.45) is 16.9 Å². The fourth-order valence-electron chi connectivity index (χ4n) is 4.81. The Bertz CT molecular complexity index is 1240. The molecule has 2 saturated heterocycles. The van der Waals surface area contributed by atoms with Crippen LogP contribution in [0.25, 0.3) is 0 Å². The fourth-order valence-corrected chi connectivity index (χ4v) is 4.81. The molecule has 2 fully saturated rings. The number of imide groups is 1. The van der Waals surface area contributed by atoms with Crippen LogP contribution in [0.3, 0.4) is 0 Å². The van der Waals surface area contributed by atoms with Crippen LogP contribution in [0.4, 0.5) is 11.4 Å². The molecular weight excluding hydrogens is 428 g/mol. The second-order valence-corrected chi connectivity index (χ2v) is 7.87. The van der Waals surface area contributed by atoms with Crippen LogP contribution >= 0.6 is 0 Å². The Balaban J connectivity index is 1.61. The first-order chi connectivity index (χ1) is 15.9. The largest absolute Gasteiger partial charge is 0.495 e. The summed E-state index contributed by atoms with van der Waals surface area (Å²) < 4.78 is 5.28. The highest BCUT2D eigenvalue weighted by molar-refractivity contribution is 6.25. The zero-order valence-electron chi connectivity index (χ0n) is 17.4. The highest BCUT2D eigenvalue weighted by Crippen LogP contribution is 2.48. The standard InChI is InChI=1S/C23H18N4O6/c1-33-17-10-9-14(27(31)32)12-16(17)25-22(29)18-15-8-5-11-24-26(15)20(19(18)23(25)30)21(28)13-6-3-2-4-7-13/h2-12,15,18-20H,1H3/t15?,18-,19-,20+/m0/s1. The summed E-state index contributed by atoms with van der Waals surface area (Å²) in [7, 11) is 1.35. The quantitative estimate of drug-likeness (QED) is 0.299. The molecule has 1 unspecified atom stereocenters. The smallest absolute Gasteiger partial charge is 0.271 e. The third kappa shape index (κ3) is 3.02. The number of amides is 2. The summed E-state index contributed by atoms with van der Waals surface area (Å²) in [5.74, 6) is -3.22. The minimum Gasteiger partial charge on any atom is -0.495 e. The van der Waals surface area contributed by atoms with Gasteiger partial charge >= 0.3 is 0 Å². The summed E-state index contributed by atoms with van der Waals surface area (Å²) in [5, 5.41) is 17.1. The van der Waals surface area contributed by atoms with Crippen molar-refractivity contribution in [1.29, 1.82) is 0 Å². The second kappa shape index (κ2) is 7.66. The first-order valence-corrected chi connectivity index (χ1v) is 10.2. The molecular formula is C23H18N4O6. The lowest BCUT2D eigenvalue weighted by Crippen LogP contribution is -2.46. The van der Waals surface area contributed by atoms with Gasteiger partial charge in [0.15, 0.2) is 5.78 Å². The molecule has 2 amide bonds. The van der Waals surface area contributed by atoms with E-state index in [1.54, 1.807) is 42.5 Å². The summed E-state index contributed by atoms with van der Waals surface area (Å²) in [6.07, 6.45) is 4.92. The molecule has 0 bridgehead atoms. The highest BCUT2D eigenvalue weighted by Gasteiger charge is 2.64. The number of allylic oxidation sites excluding steroid dienone is 1. The molecule has 0 N–H and O–H groups in total. The minimum absolute atomic E-state index is 0.0168. The maximum atomic E-state index is 13.7. The van der Waals surface area contributed by atoms with E-state index in [4.69, 9.17) is 4.74 Å². The van der Waals surface area contributed by atoms with Gasteiger partial charge in [-0.05, 0) is 12.1 Å². The lowest BCUT2D eigenvalue weighted by molar-refractivity contribution is -0.384. The molecule has 33 heavy (non-hydrogen) atoms. The Morgan fingerprint density at radius 2 is 1.82 bits per heavy atom. The number of nitrogens with zero attached hydrogens (tertiary/aromatic N) is 4. The third-order valence-electron chi connectivity index (χ3n) is 6.23. The Hall–Kier alpha value is -4.34. The molecule has 166 valence electrons. The monoisotopic (exact) mass is 446 g/mol. The van der Waals surface area contributed by atoms with E-state index in [0.29, 0.717) is 5.56 Å². The lowest BCUT2D eigenvalue weighted by atomic mass is 9.86. The Morgan fingerprint density at radius 1 is 1.09 bits per heavy atom. The Labute approximate surface area is 187 Å². The van der Waals surface area contributed by atoms with Crippen molar-refractivity contribution in [2.45, 2.75) is 12.1 Å². The van der Waals surface area contributed by atoms with Crippen molar-refractivity contribution >= 4 is 35.2 Å². The van der Waals surface area contributed by atoms with Gasteiger partial charge in [0.05, 0.1) is 29.9 Å². The van der Waals surface area contributed by atoms with Crippen molar-refractivity contribution < 1.29 is 24.0 Å². The number of nitro benzene ring substituents is 1. The summed E-state index contributed by atoms with van der Waals surface area (Å²) in [6.45, 7) is 0. The average molecular weight is 446 g/mol. The average Bonchev–Trinajstić information content (AvgIpc) is 3.31. The molecule has 0 spiro atoms. The zero-order valence-corrected chi connectivity index (χ0v) is 17.4. The number of ketones is 1. The molecule has 0 aromatic heterocycles.